The van der Waals surface area contributed by atoms with E-state index >= 15 is 0 Å². The van der Waals surface area contributed by atoms with Crippen LogP contribution in [0.2, 0.25) is 0 Å². The van der Waals surface area contributed by atoms with Gasteiger partial charge in [0.05, 0.1) is 5.60 Å². The number of nitrogens with zero attached hydrogens (tertiary/aromatic N) is 1. The molecule has 1 heterocycles. The molecule has 27 heavy (non-hydrogen) atoms. The van der Waals surface area contributed by atoms with Crippen LogP contribution in [0.5, 0.6) is 5.75 Å². The van der Waals surface area contributed by atoms with Gasteiger partial charge in [-0.3, -0.25) is 9.59 Å². The van der Waals surface area contributed by atoms with Crippen LogP contribution in [-0.2, 0) is 6.61 Å². The Morgan fingerprint density at radius 3 is 2.59 bits per heavy atom. The third-order valence-corrected chi connectivity index (χ3v) is 4.80. The average Bonchev–Trinajstić information content (AvgIpc) is 3.14. The molecule has 0 aliphatic heterocycles. The number of carbonyl (C=O) groups excluding carboxylic acids is 2. The molecule has 7 nitrogen and oxygen atoms in total. The van der Waals surface area contributed by atoms with E-state index in [2.05, 4.69) is 10.5 Å². The molecule has 0 bridgehead atoms. The first-order valence-electron chi connectivity index (χ1n) is 9.15. The third-order valence-electron chi connectivity index (χ3n) is 4.80. The molecule has 1 aliphatic carbocycles. The highest BCUT2D eigenvalue weighted by atomic mass is 16.5. The molecule has 1 amide bonds. The molecular weight excluding hydrogens is 348 g/mol. The zero-order valence-corrected chi connectivity index (χ0v) is 15.4. The molecule has 144 valence electrons. The average molecular weight is 372 g/mol. The zero-order valence-electron chi connectivity index (χ0n) is 15.4. The maximum absolute atomic E-state index is 12.2. The summed E-state index contributed by atoms with van der Waals surface area (Å²) < 4.78 is 10.7. The van der Waals surface area contributed by atoms with Crippen molar-refractivity contribution in [3.8, 4) is 5.75 Å². The second-order valence-electron chi connectivity index (χ2n) is 7.02. The minimum atomic E-state index is -0.824. The number of ketones is 1. The van der Waals surface area contributed by atoms with Gasteiger partial charge in [0.15, 0.2) is 17.2 Å². The van der Waals surface area contributed by atoms with Gasteiger partial charge in [0.2, 0.25) is 0 Å². The standard InChI is InChI=1S/C20H24N2O5/c1-14(23)15-5-7-16(8-6-15)26-12-17-11-18(22-27-17)19(24)21-13-20(25)9-3-2-4-10-20/h5-8,11,25H,2-4,9-10,12-13H2,1H3,(H,21,24). The lowest BCUT2D eigenvalue weighted by atomic mass is 9.85. The zero-order chi connectivity index (χ0) is 19.3. The summed E-state index contributed by atoms with van der Waals surface area (Å²) in [5, 5.41) is 16.9. The minimum Gasteiger partial charge on any atom is -0.486 e. The fourth-order valence-corrected chi connectivity index (χ4v) is 3.15. The van der Waals surface area contributed by atoms with Crippen LogP contribution >= 0.6 is 0 Å². The van der Waals surface area contributed by atoms with E-state index in [1.165, 1.54) is 13.0 Å². The minimum absolute atomic E-state index is 0.00896. The van der Waals surface area contributed by atoms with E-state index in [-0.39, 0.29) is 30.5 Å². The molecule has 1 aliphatic rings. The van der Waals surface area contributed by atoms with Gasteiger partial charge < -0.3 is 19.7 Å². The first-order chi connectivity index (χ1) is 13.0. The molecule has 0 saturated heterocycles. The molecule has 2 N–H and O–H groups in total. The second-order valence-corrected chi connectivity index (χ2v) is 7.02. The molecule has 3 rings (SSSR count). The van der Waals surface area contributed by atoms with Crippen LogP contribution in [0, 0.1) is 0 Å². The Labute approximate surface area is 157 Å². The molecule has 2 aromatic rings. The summed E-state index contributed by atoms with van der Waals surface area (Å²) in [5.74, 6) is 0.606. The van der Waals surface area contributed by atoms with E-state index in [0.29, 0.717) is 29.9 Å². The lowest BCUT2D eigenvalue weighted by Gasteiger charge is -2.31. The molecule has 0 atom stereocenters. The number of hydrogen-bond acceptors (Lipinski definition) is 6. The van der Waals surface area contributed by atoms with Crippen LogP contribution in [0.3, 0.4) is 0 Å². The van der Waals surface area contributed by atoms with Crippen LogP contribution in [0.1, 0.15) is 65.6 Å². The molecule has 0 unspecified atom stereocenters. The molecule has 7 heteroatoms. The van der Waals surface area contributed by atoms with Gasteiger partial charge in [-0.1, -0.05) is 24.4 Å². The maximum atomic E-state index is 12.2. The number of benzene rings is 1. The van der Waals surface area contributed by atoms with Crippen molar-refractivity contribution in [1.82, 2.24) is 10.5 Å². The number of amides is 1. The molecule has 1 aromatic heterocycles. The molecule has 1 aromatic carbocycles. The molecule has 1 fully saturated rings. The third kappa shape index (κ3) is 5.17. The Balaban J connectivity index is 1.50. The van der Waals surface area contributed by atoms with Crippen LogP contribution in [0.15, 0.2) is 34.9 Å². The number of Topliss-reactive ketones (excluding diaryl/α,β-unsaturated/α-hetero) is 1. The SMILES string of the molecule is CC(=O)c1ccc(OCc2cc(C(=O)NCC3(O)CCCCC3)no2)cc1. The topological polar surface area (TPSA) is 102 Å². The van der Waals surface area contributed by atoms with Crippen molar-refractivity contribution in [3.63, 3.8) is 0 Å². The summed E-state index contributed by atoms with van der Waals surface area (Å²) in [5.41, 5.74) is -0.0594. The highest BCUT2D eigenvalue weighted by Crippen LogP contribution is 2.27. The van der Waals surface area contributed by atoms with Gasteiger partial charge in [0, 0.05) is 18.2 Å². The van der Waals surface area contributed by atoms with Crippen LogP contribution in [-0.4, -0.2) is 34.1 Å². The smallest absolute Gasteiger partial charge is 0.273 e. The number of ether oxygens (including phenoxy) is 1. The molecule has 0 spiro atoms. The summed E-state index contributed by atoms with van der Waals surface area (Å²) in [6.45, 7) is 1.83. The summed E-state index contributed by atoms with van der Waals surface area (Å²) in [6.07, 6.45) is 4.48. The van der Waals surface area contributed by atoms with Gasteiger partial charge >= 0.3 is 0 Å². The number of rotatable bonds is 7. The number of nitrogens with one attached hydrogen (secondary N) is 1. The lowest BCUT2D eigenvalue weighted by Crippen LogP contribution is -2.44. The van der Waals surface area contributed by atoms with Gasteiger partial charge in [-0.05, 0) is 44.0 Å². The van der Waals surface area contributed by atoms with Gasteiger partial charge in [-0.25, -0.2) is 0 Å². The second kappa shape index (κ2) is 8.35. The number of carbonyl (C=O) groups is 2. The maximum Gasteiger partial charge on any atom is 0.273 e. The molecular formula is C20H24N2O5. The van der Waals surface area contributed by atoms with Crippen LogP contribution in [0.4, 0.5) is 0 Å². The monoisotopic (exact) mass is 372 g/mol. The van der Waals surface area contributed by atoms with E-state index < -0.39 is 5.60 Å². The lowest BCUT2D eigenvalue weighted by molar-refractivity contribution is 0.00517. The Kier molecular flexibility index (Phi) is 5.91. The first-order valence-corrected chi connectivity index (χ1v) is 9.15. The van der Waals surface area contributed by atoms with Crippen LogP contribution in [0.25, 0.3) is 0 Å². The van der Waals surface area contributed by atoms with Crippen molar-refractivity contribution in [2.45, 2.75) is 51.2 Å². The predicted molar refractivity (Wildman–Crippen MR) is 97.6 cm³/mol. The summed E-state index contributed by atoms with van der Waals surface area (Å²) >= 11 is 0. The fourth-order valence-electron chi connectivity index (χ4n) is 3.15. The van der Waals surface area contributed by atoms with E-state index in [1.54, 1.807) is 24.3 Å². The summed E-state index contributed by atoms with van der Waals surface area (Å²) in [4.78, 5) is 23.5. The number of aliphatic hydroxyl groups is 1. The Hall–Kier alpha value is -2.67. The highest BCUT2D eigenvalue weighted by molar-refractivity contribution is 5.94. The van der Waals surface area contributed by atoms with E-state index in [1.807, 2.05) is 0 Å². The van der Waals surface area contributed by atoms with Gasteiger partial charge in [0.25, 0.3) is 5.91 Å². The normalized spacial score (nSPS) is 15.9. The quantitative estimate of drug-likeness (QED) is 0.725. The van der Waals surface area contributed by atoms with Crippen molar-refractivity contribution < 1.29 is 24.0 Å². The first kappa shape index (κ1) is 19.1. The van der Waals surface area contributed by atoms with Crippen molar-refractivity contribution in [1.29, 1.82) is 0 Å². The van der Waals surface area contributed by atoms with E-state index in [0.717, 1.165) is 19.3 Å². The van der Waals surface area contributed by atoms with Crippen molar-refractivity contribution in [2.24, 2.45) is 0 Å². The molecule has 1 saturated carbocycles. The van der Waals surface area contributed by atoms with Crippen molar-refractivity contribution in [2.75, 3.05) is 6.54 Å². The van der Waals surface area contributed by atoms with E-state index in [9.17, 15) is 14.7 Å². The van der Waals surface area contributed by atoms with Crippen molar-refractivity contribution in [3.05, 3.63) is 47.3 Å². The van der Waals surface area contributed by atoms with Crippen molar-refractivity contribution >= 4 is 11.7 Å². The van der Waals surface area contributed by atoms with Gasteiger partial charge in [-0.2, -0.15) is 0 Å². The van der Waals surface area contributed by atoms with E-state index in [4.69, 9.17) is 9.26 Å². The number of hydrogen-bond donors (Lipinski definition) is 2. The van der Waals surface area contributed by atoms with Gasteiger partial charge in [0.1, 0.15) is 12.4 Å². The van der Waals surface area contributed by atoms with Crippen LogP contribution < -0.4 is 10.1 Å². The summed E-state index contributed by atoms with van der Waals surface area (Å²) in [6, 6.07) is 8.29. The largest absolute Gasteiger partial charge is 0.486 e. The summed E-state index contributed by atoms with van der Waals surface area (Å²) in [7, 11) is 0. The predicted octanol–water partition coefficient (Wildman–Crippen LogP) is 2.88. The number of aromatic nitrogens is 1. The fraction of sp³-hybridized carbons (Fsp3) is 0.450. The Morgan fingerprint density at radius 1 is 1.22 bits per heavy atom. The highest BCUT2D eigenvalue weighted by Gasteiger charge is 2.29. The Morgan fingerprint density at radius 2 is 1.93 bits per heavy atom. The van der Waals surface area contributed by atoms with Gasteiger partial charge in [-0.15, -0.1) is 0 Å². The Bertz CT molecular complexity index is 791. The molecule has 0 radical (unpaired) electrons.